The van der Waals surface area contributed by atoms with Crippen molar-refractivity contribution in [2.75, 3.05) is 7.11 Å². The Hall–Kier alpha value is -1.30. The van der Waals surface area contributed by atoms with Gasteiger partial charge >= 0.3 is 6.03 Å². The van der Waals surface area contributed by atoms with Crippen LogP contribution < -0.4 is 16.5 Å². The summed E-state index contributed by atoms with van der Waals surface area (Å²) in [4.78, 5) is 25.3. The number of rotatable bonds is 3. The monoisotopic (exact) mass is 161 g/mol. The van der Waals surface area contributed by atoms with E-state index in [1.807, 2.05) is 5.48 Å². The van der Waals surface area contributed by atoms with Crippen molar-refractivity contribution in [2.45, 2.75) is 13.0 Å². The summed E-state index contributed by atoms with van der Waals surface area (Å²) in [7, 11) is 1.30. The second kappa shape index (κ2) is 4.51. The third kappa shape index (κ3) is 4.15. The van der Waals surface area contributed by atoms with Crippen LogP contribution in [0.4, 0.5) is 4.79 Å². The Morgan fingerprint density at radius 2 is 2.09 bits per heavy atom. The Balaban J connectivity index is 3.73. The van der Waals surface area contributed by atoms with Gasteiger partial charge in [-0.15, -0.1) is 0 Å². The standard InChI is InChI=1S/C5H11N3O3/c1-3(7-5(6)10)4(9)8-11-2/h3H,1-2H3,(H,8,9)(H3,6,7,10). The van der Waals surface area contributed by atoms with Gasteiger partial charge in [0.1, 0.15) is 6.04 Å². The maximum Gasteiger partial charge on any atom is 0.312 e. The molecule has 0 aromatic heterocycles. The minimum Gasteiger partial charge on any atom is -0.352 e. The molecule has 0 fully saturated rings. The smallest absolute Gasteiger partial charge is 0.312 e. The summed E-state index contributed by atoms with van der Waals surface area (Å²) in [6.45, 7) is 1.49. The molecule has 6 nitrogen and oxygen atoms in total. The molecule has 1 unspecified atom stereocenters. The Morgan fingerprint density at radius 1 is 1.55 bits per heavy atom. The van der Waals surface area contributed by atoms with Crippen molar-refractivity contribution < 1.29 is 14.4 Å². The highest BCUT2D eigenvalue weighted by Gasteiger charge is 2.12. The number of primary amides is 1. The van der Waals surface area contributed by atoms with Gasteiger partial charge in [0.15, 0.2) is 0 Å². The zero-order valence-electron chi connectivity index (χ0n) is 6.38. The maximum atomic E-state index is 10.8. The number of hydrogen-bond acceptors (Lipinski definition) is 3. The normalized spacial score (nSPS) is 11.8. The molecule has 0 bridgehead atoms. The minimum absolute atomic E-state index is 0.452. The van der Waals surface area contributed by atoms with Crippen LogP contribution >= 0.6 is 0 Å². The molecule has 0 saturated heterocycles. The molecule has 0 aliphatic carbocycles. The predicted octanol–water partition coefficient (Wildman–Crippen LogP) is -1.28. The van der Waals surface area contributed by atoms with Crippen LogP contribution in [-0.4, -0.2) is 25.1 Å². The van der Waals surface area contributed by atoms with Crippen molar-refractivity contribution in [2.24, 2.45) is 5.73 Å². The molecule has 0 aliphatic heterocycles. The molecule has 6 heteroatoms. The Bertz CT molecular complexity index is 159. The lowest BCUT2D eigenvalue weighted by Gasteiger charge is -2.09. The third-order valence-electron chi connectivity index (χ3n) is 0.955. The molecule has 11 heavy (non-hydrogen) atoms. The van der Waals surface area contributed by atoms with Gasteiger partial charge in [-0.2, -0.15) is 0 Å². The molecular weight excluding hydrogens is 150 g/mol. The average Bonchev–Trinajstić information content (AvgIpc) is 1.86. The van der Waals surface area contributed by atoms with E-state index in [0.717, 1.165) is 0 Å². The van der Waals surface area contributed by atoms with Crippen LogP contribution in [0.15, 0.2) is 0 Å². The fourth-order valence-corrected chi connectivity index (χ4v) is 0.468. The summed E-state index contributed by atoms with van der Waals surface area (Å²) in [6, 6.07) is -1.43. The van der Waals surface area contributed by atoms with Gasteiger partial charge in [0.05, 0.1) is 7.11 Å². The van der Waals surface area contributed by atoms with Crippen molar-refractivity contribution >= 4 is 11.9 Å². The van der Waals surface area contributed by atoms with Gasteiger partial charge in [0.2, 0.25) is 0 Å². The number of hydroxylamine groups is 1. The van der Waals surface area contributed by atoms with E-state index in [1.165, 1.54) is 14.0 Å². The van der Waals surface area contributed by atoms with Crippen LogP contribution in [0.25, 0.3) is 0 Å². The van der Waals surface area contributed by atoms with Gasteiger partial charge in [-0.05, 0) is 6.92 Å². The first-order valence-corrected chi connectivity index (χ1v) is 2.96. The van der Waals surface area contributed by atoms with Gasteiger partial charge < -0.3 is 11.1 Å². The van der Waals surface area contributed by atoms with Crippen LogP contribution in [-0.2, 0) is 9.63 Å². The van der Waals surface area contributed by atoms with Crippen molar-refractivity contribution in [3.8, 4) is 0 Å². The largest absolute Gasteiger partial charge is 0.352 e. The molecule has 0 aromatic rings. The van der Waals surface area contributed by atoms with Crippen LogP contribution in [0, 0.1) is 0 Å². The molecule has 0 aliphatic rings. The van der Waals surface area contributed by atoms with E-state index in [1.54, 1.807) is 0 Å². The zero-order valence-corrected chi connectivity index (χ0v) is 6.38. The van der Waals surface area contributed by atoms with Crippen LogP contribution in [0.2, 0.25) is 0 Å². The summed E-state index contributed by atoms with van der Waals surface area (Å²) in [5, 5.41) is 2.17. The summed E-state index contributed by atoms with van der Waals surface area (Å²) in [6.07, 6.45) is 0. The van der Waals surface area contributed by atoms with Crippen LogP contribution in [0.1, 0.15) is 6.92 Å². The quantitative estimate of drug-likeness (QED) is 0.450. The highest BCUT2D eigenvalue weighted by Crippen LogP contribution is 1.79. The summed E-state index contributed by atoms with van der Waals surface area (Å²) < 4.78 is 0. The molecule has 0 aromatic carbocycles. The molecule has 4 N–H and O–H groups in total. The number of amides is 3. The molecular formula is C5H11N3O3. The fraction of sp³-hybridized carbons (Fsp3) is 0.600. The Labute approximate surface area is 64.0 Å². The van der Waals surface area contributed by atoms with Crippen molar-refractivity contribution in [1.29, 1.82) is 0 Å². The summed E-state index contributed by atoms with van der Waals surface area (Å²) in [5.74, 6) is -0.452. The topological polar surface area (TPSA) is 93.4 Å². The minimum atomic E-state index is -0.747. The van der Waals surface area contributed by atoms with E-state index < -0.39 is 18.0 Å². The molecule has 0 heterocycles. The van der Waals surface area contributed by atoms with Gasteiger partial charge in [-0.1, -0.05) is 0 Å². The van der Waals surface area contributed by atoms with E-state index >= 15 is 0 Å². The Kier molecular flexibility index (Phi) is 3.97. The second-order valence-corrected chi connectivity index (χ2v) is 1.90. The van der Waals surface area contributed by atoms with Crippen LogP contribution in [0.3, 0.4) is 0 Å². The number of nitrogens with one attached hydrogen (secondary N) is 2. The van der Waals surface area contributed by atoms with Gasteiger partial charge in [-0.25, -0.2) is 10.3 Å². The zero-order chi connectivity index (χ0) is 8.85. The van der Waals surface area contributed by atoms with Crippen molar-refractivity contribution in [3.63, 3.8) is 0 Å². The van der Waals surface area contributed by atoms with Gasteiger partial charge in [0, 0.05) is 0 Å². The molecule has 0 saturated carbocycles. The van der Waals surface area contributed by atoms with Crippen molar-refractivity contribution in [3.05, 3.63) is 0 Å². The van der Waals surface area contributed by atoms with E-state index in [-0.39, 0.29) is 0 Å². The highest BCUT2D eigenvalue weighted by atomic mass is 16.6. The Morgan fingerprint density at radius 3 is 2.45 bits per heavy atom. The second-order valence-electron chi connectivity index (χ2n) is 1.90. The third-order valence-corrected chi connectivity index (χ3v) is 0.955. The molecule has 0 rings (SSSR count). The number of hydrogen-bond donors (Lipinski definition) is 3. The van der Waals surface area contributed by atoms with Gasteiger partial charge in [-0.3, -0.25) is 9.63 Å². The first-order chi connectivity index (χ1) is 5.07. The summed E-state index contributed by atoms with van der Waals surface area (Å²) >= 11 is 0. The maximum absolute atomic E-state index is 10.8. The summed E-state index contributed by atoms with van der Waals surface area (Å²) in [5.41, 5.74) is 6.80. The van der Waals surface area contributed by atoms with Crippen molar-refractivity contribution in [1.82, 2.24) is 10.8 Å². The lowest BCUT2D eigenvalue weighted by molar-refractivity contribution is -0.132. The first kappa shape index (κ1) is 9.70. The first-order valence-electron chi connectivity index (χ1n) is 2.96. The van der Waals surface area contributed by atoms with E-state index in [0.29, 0.717) is 0 Å². The van der Waals surface area contributed by atoms with E-state index in [4.69, 9.17) is 5.73 Å². The number of nitrogens with two attached hydrogens (primary N) is 1. The number of carbonyl (C=O) groups excluding carboxylic acids is 2. The van der Waals surface area contributed by atoms with Gasteiger partial charge in [0.25, 0.3) is 5.91 Å². The average molecular weight is 161 g/mol. The molecule has 3 amide bonds. The lowest BCUT2D eigenvalue weighted by atomic mass is 10.3. The van der Waals surface area contributed by atoms with Crippen LogP contribution in [0.5, 0.6) is 0 Å². The molecule has 1 atom stereocenters. The molecule has 64 valence electrons. The lowest BCUT2D eigenvalue weighted by Crippen LogP contribution is -2.46. The fourth-order valence-electron chi connectivity index (χ4n) is 0.468. The molecule has 0 spiro atoms. The number of carbonyl (C=O) groups is 2. The van der Waals surface area contributed by atoms with E-state index in [9.17, 15) is 9.59 Å². The number of urea groups is 1. The van der Waals surface area contributed by atoms with E-state index in [2.05, 4.69) is 10.2 Å². The predicted molar refractivity (Wildman–Crippen MR) is 37.3 cm³/mol. The highest BCUT2D eigenvalue weighted by molar-refractivity contribution is 5.85. The molecule has 0 radical (unpaired) electrons. The SMILES string of the molecule is CONC(=O)C(C)NC(N)=O.